The molecule has 1 fully saturated rings. The zero-order chi connectivity index (χ0) is 19.0. The fraction of sp³-hybridized carbons (Fsp3) is 0.412. The predicted octanol–water partition coefficient (Wildman–Crippen LogP) is 2.66. The van der Waals surface area contributed by atoms with Crippen molar-refractivity contribution in [1.82, 2.24) is 19.8 Å². The Hall–Kier alpha value is -2.06. The van der Waals surface area contributed by atoms with Gasteiger partial charge in [-0.2, -0.15) is 0 Å². The number of halogens is 1. The van der Waals surface area contributed by atoms with Gasteiger partial charge >= 0.3 is 6.03 Å². The first kappa shape index (κ1) is 18.7. The van der Waals surface area contributed by atoms with E-state index in [9.17, 15) is 14.4 Å². The summed E-state index contributed by atoms with van der Waals surface area (Å²) in [5.74, 6) is -0.305. The summed E-state index contributed by atoms with van der Waals surface area (Å²) in [6.45, 7) is 6.27. The van der Waals surface area contributed by atoms with Gasteiger partial charge in [-0.25, -0.2) is 9.78 Å². The van der Waals surface area contributed by atoms with Crippen LogP contribution in [0.25, 0.3) is 10.9 Å². The van der Waals surface area contributed by atoms with Crippen LogP contribution in [-0.4, -0.2) is 44.7 Å². The molecular formula is C17H19ClN4O3S. The Morgan fingerprint density at radius 3 is 2.65 bits per heavy atom. The number of imide groups is 1. The molecule has 0 unspecified atom stereocenters. The second kappa shape index (κ2) is 7.28. The average molecular weight is 395 g/mol. The van der Waals surface area contributed by atoms with Crippen LogP contribution in [0, 0.1) is 0 Å². The second-order valence-electron chi connectivity index (χ2n) is 6.31. The van der Waals surface area contributed by atoms with Crippen LogP contribution in [0.5, 0.6) is 0 Å². The molecule has 3 rings (SSSR count). The monoisotopic (exact) mass is 394 g/mol. The van der Waals surface area contributed by atoms with Gasteiger partial charge in [-0.05, 0) is 39.0 Å². The molecule has 2 aromatic rings. The van der Waals surface area contributed by atoms with Crippen LogP contribution in [-0.2, 0) is 4.79 Å². The third-order valence-electron chi connectivity index (χ3n) is 4.10. The van der Waals surface area contributed by atoms with Crippen LogP contribution in [0.15, 0.2) is 28.2 Å². The molecule has 0 saturated carbocycles. The number of rotatable bonds is 4. The van der Waals surface area contributed by atoms with Crippen molar-refractivity contribution in [2.45, 2.75) is 37.2 Å². The summed E-state index contributed by atoms with van der Waals surface area (Å²) in [5, 5.41) is 3.44. The number of thioether (sulfide) groups is 1. The molecule has 26 heavy (non-hydrogen) atoms. The SMILES string of the molecule is CC(C)n1c(S[C@H](C)C(=O)N2CCNC2=O)nc2cc(Cl)ccc2c1=O. The fourth-order valence-electron chi connectivity index (χ4n) is 2.80. The van der Waals surface area contributed by atoms with Crippen molar-refractivity contribution in [2.24, 2.45) is 0 Å². The molecule has 1 aromatic heterocycles. The van der Waals surface area contributed by atoms with Gasteiger partial charge in [0, 0.05) is 24.2 Å². The molecular weight excluding hydrogens is 376 g/mol. The van der Waals surface area contributed by atoms with Crippen LogP contribution in [0.2, 0.25) is 5.02 Å². The van der Waals surface area contributed by atoms with Crippen molar-refractivity contribution >= 4 is 46.2 Å². The fourth-order valence-corrected chi connectivity index (χ4v) is 4.07. The highest BCUT2D eigenvalue weighted by molar-refractivity contribution is 8.00. The number of fused-ring (bicyclic) bond motifs is 1. The minimum Gasteiger partial charge on any atom is -0.336 e. The lowest BCUT2D eigenvalue weighted by atomic mass is 10.2. The van der Waals surface area contributed by atoms with Crippen LogP contribution >= 0.6 is 23.4 Å². The summed E-state index contributed by atoms with van der Waals surface area (Å²) < 4.78 is 1.56. The molecule has 0 spiro atoms. The molecule has 0 radical (unpaired) electrons. The second-order valence-corrected chi connectivity index (χ2v) is 8.05. The van der Waals surface area contributed by atoms with E-state index in [2.05, 4.69) is 10.3 Å². The van der Waals surface area contributed by atoms with Gasteiger partial charge in [-0.3, -0.25) is 19.1 Å². The minimum absolute atomic E-state index is 0.130. The number of nitrogens with one attached hydrogen (secondary N) is 1. The summed E-state index contributed by atoms with van der Waals surface area (Å²) >= 11 is 7.19. The van der Waals surface area contributed by atoms with E-state index in [4.69, 9.17) is 11.6 Å². The lowest BCUT2D eigenvalue weighted by Crippen LogP contribution is -2.39. The Labute approximate surface area is 159 Å². The number of urea groups is 1. The molecule has 1 saturated heterocycles. The van der Waals surface area contributed by atoms with Gasteiger partial charge in [-0.15, -0.1) is 0 Å². The van der Waals surface area contributed by atoms with E-state index in [0.29, 0.717) is 34.2 Å². The highest BCUT2D eigenvalue weighted by atomic mass is 35.5. The van der Waals surface area contributed by atoms with E-state index in [1.165, 1.54) is 16.7 Å². The molecule has 1 N–H and O–H groups in total. The predicted molar refractivity (Wildman–Crippen MR) is 102 cm³/mol. The molecule has 0 aliphatic carbocycles. The van der Waals surface area contributed by atoms with Crippen molar-refractivity contribution in [3.8, 4) is 0 Å². The maximum atomic E-state index is 12.9. The third-order valence-corrected chi connectivity index (χ3v) is 5.39. The summed E-state index contributed by atoms with van der Waals surface area (Å²) in [5.41, 5.74) is 0.309. The van der Waals surface area contributed by atoms with Crippen molar-refractivity contribution in [2.75, 3.05) is 13.1 Å². The van der Waals surface area contributed by atoms with Crippen LogP contribution < -0.4 is 10.9 Å². The smallest absolute Gasteiger partial charge is 0.324 e. The Bertz CT molecular complexity index is 943. The van der Waals surface area contributed by atoms with E-state index in [0.717, 1.165) is 0 Å². The number of nitrogens with zero attached hydrogens (tertiary/aromatic N) is 3. The van der Waals surface area contributed by atoms with E-state index in [1.807, 2.05) is 13.8 Å². The molecule has 0 bridgehead atoms. The van der Waals surface area contributed by atoms with Gasteiger partial charge in [0.25, 0.3) is 5.56 Å². The first-order valence-corrected chi connectivity index (χ1v) is 9.53. The zero-order valence-corrected chi connectivity index (χ0v) is 16.2. The van der Waals surface area contributed by atoms with Crippen molar-refractivity contribution < 1.29 is 9.59 Å². The quantitative estimate of drug-likeness (QED) is 0.636. The van der Waals surface area contributed by atoms with Crippen LogP contribution in [0.3, 0.4) is 0 Å². The van der Waals surface area contributed by atoms with Crippen LogP contribution in [0.4, 0.5) is 4.79 Å². The van der Waals surface area contributed by atoms with E-state index < -0.39 is 5.25 Å². The number of benzene rings is 1. The normalized spacial score (nSPS) is 15.6. The number of hydrogen-bond acceptors (Lipinski definition) is 5. The lowest BCUT2D eigenvalue weighted by Gasteiger charge is -2.20. The Morgan fingerprint density at radius 2 is 2.04 bits per heavy atom. The van der Waals surface area contributed by atoms with Gasteiger partial charge in [0.2, 0.25) is 5.91 Å². The molecule has 2 heterocycles. The topological polar surface area (TPSA) is 84.3 Å². The highest BCUT2D eigenvalue weighted by Gasteiger charge is 2.31. The Morgan fingerprint density at radius 1 is 1.31 bits per heavy atom. The van der Waals surface area contributed by atoms with E-state index >= 15 is 0 Å². The third kappa shape index (κ3) is 3.43. The molecule has 1 aliphatic heterocycles. The molecule has 1 aliphatic rings. The molecule has 1 atom stereocenters. The molecule has 138 valence electrons. The first-order valence-electron chi connectivity index (χ1n) is 8.27. The van der Waals surface area contributed by atoms with E-state index in [1.54, 1.807) is 29.7 Å². The van der Waals surface area contributed by atoms with Crippen molar-refractivity contribution in [1.29, 1.82) is 0 Å². The Balaban J connectivity index is 2.00. The number of amides is 3. The highest BCUT2D eigenvalue weighted by Crippen LogP contribution is 2.27. The molecule has 7 nitrogen and oxygen atoms in total. The number of carbonyl (C=O) groups excluding carboxylic acids is 2. The number of hydrogen-bond donors (Lipinski definition) is 1. The maximum absolute atomic E-state index is 12.9. The average Bonchev–Trinajstić information content (AvgIpc) is 2.99. The van der Waals surface area contributed by atoms with Crippen LogP contribution in [0.1, 0.15) is 26.8 Å². The summed E-state index contributed by atoms with van der Waals surface area (Å²) in [6, 6.07) is 4.43. The largest absolute Gasteiger partial charge is 0.336 e. The van der Waals surface area contributed by atoms with Crippen molar-refractivity contribution in [3.05, 3.63) is 33.6 Å². The molecule has 1 aromatic carbocycles. The molecule has 9 heteroatoms. The lowest BCUT2D eigenvalue weighted by molar-refractivity contribution is -0.126. The van der Waals surface area contributed by atoms with Gasteiger partial charge in [0.15, 0.2) is 5.16 Å². The van der Waals surface area contributed by atoms with E-state index in [-0.39, 0.29) is 23.5 Å². The number of aromatic nitrogens is 2. The van der Waals surface area contributed by atoms with Gasteiger partial charge in [-0.1, -0.05) is 23.4 Å². The summed E-state index contributed by atoms with van der Waals surface area (Å²) in [4.78, 5) is 42.9. The Kier molecular flexibility index (Phi) is 5.24. The molecule has 3 amide bonds. The standard InChI is InChI=1S/C17H19ClN4O3S/c1-9(2)22-15(24)12-5-4-11(18)8-13(12)20-17(22)26-10(3)14(23)21-7-6-19-16(21)25/h4-5,8-10H,6-7H2,1-3H3,(H,19,25)/t10-/m1/s1. The van der Waals surface area contributed by atoms with Gasteiger partial charge < -0.3 is 5.32 Å². The summed E-state index contributed by atoms with van der Waals surface area (Å²) in [6.07, 6.45) is 0. The maximum Gasteiger partial charge on any atom is 0.324 e. The van der Waals surface area contributed by atoms with Gasteiger partial charge in [0.05, 0.1) is 16.2 Å². The summed E-state index contributed by atoms with van der Waals surface area (Å²) in [7, 11) is 0. The first-order chi connectivity index (χ1) is 12.3. The minimum atomic E-state index is -0.563. The van der Waals surface area contributed by atoms with Gasteiger partial charge in [0.1, 0.15) is 0 Å². The van der Waals surface area contributed by atoms with Crippen molar-refractivity contribution in [3.63, 3.8) is 0 Å². The number of carbonyl (C=O) groups is 2. The zero-order valence-electron chi connectivity index (χ0n) is 14.7.